The second-order valence-electron chi connectivity index (χ2n) is 4.21. The first-order valence-electron chi connectivity index (χ1n) is 5.60. The molecule has 5 heteroatoms. The molecule has 2 atom stereocenters. The van der Waals surface area contributed by atoms with E-state index in [9.17, 15) is 4.79 Å². The van der Waals surface area contributed by atoms with Gasteiger partial charge in [0.1, 0.15) is 5.82 Å². The summed E-state index contributed by atoms with van der Waals surface area (Å²) >= 11 is 0. The normalized spacial score (nSPS) is 22.8. The van der Waals surface area contributed by atoms with Crippen LogP contribution in [0.5, 0.6) is 0 Å². The smallest absolute Gasteiger partial charge is 0.272 e. The highest BCUT2D eigenvalue weighted by molar-refractivity contribution is 5.92. The Bertz CT molecular complexity index is 376. The molecular weight excluding hydrogens is 204 g/mol. The van der Waals surface area contributed by atoms with Crippen molar-refractivity contribution in [3.63, 3.8) is 0 Å². The fraction of sp³-hybridized carbons (Fsp3) is 0.545. The third kappa shape index (κ3) is 2.48. The lowest BCUT2D eigenvalue weighted by atomic mass is 10.2. The van der Waals surface area contributed by atoms with E-state index in [1.54, 1.807) is 12.1 Å². The van der Waals surface area contributed by atoms with Gasteiger partial charge in [-0.05, 0) is 30.9 Å². The highest BCUT2D eigenvalue weighted by Gasteiger charge is 2.37. The van der Waals surface area contributed by atoms with E-state index in [2.05, 4.69) is 22.4 Å². The number of nitrogens with one attached hydrogen (secondary N) is 1. The third-order valence-corrected chi connectivity index (χ3v) is 2.82. The van der Waals surface area contributed by atoms with Crippen LogP contribution >= 0.6 is 0 Å². The van der Waals surface area contributed by atoms with Crippen LogP contribution in [-0.2, 0) is 0 Å². The Morgan fingerprint density at radius 1 is 1.56 bits per heavy atom. The van der Waals surface area contributed by atoms with E-state index in [1.165, 1.54) is 12.8 Å². The number of carbonyl (C=O) groups is 1. The Labute approximate surface area is 94.4 Å². The average molecular weight is 220 g/mol. The summed E-state index contributed by atoms with van der Waals surface area (Å²) in [5, 5.41) is 10.3. The molecule has 1 heterocycles. The van der Waals surface area contributed by atoms with Crippen molar-refractivity contribution in [3.8, 4) is 0 Å². The van der Waals surface area contributed by atoms with Crippen LogP contribution in [0.25, 0.3) is 0 Å². The SMILES string of the molecule is CCCC1CC1NC(=O)c1ccc(N)nn1. The van der Waals surface area contributed by atoms with Crippen molar-refractivity contribution in [2.75, 3.05) is 5.73 Å². The molecule has 86 valence electrons. The number of carbonyl (C=O) groups excluding carboxylic acids is 1. The zero-order chi connectivity index (χ0) is 11.5. The van der Waals surface area contributed by atoms with Crippen molar-refractivity contribution in [1.82, 2.24) is 15.5 Å². The molecule has 0 aliphatic heterocycles. The van der Waals surface area contributed by atoms with Gasteiger partial charge in [-0.25, -0.2) is 0 Å². The van der Waals surface area contributed by atoms with E-state index in [4.69, 9.17) is 5.73 Å². The number of rotatable bonds is 4. The molecule has 5 nitrogen and oxygen atoms in total. The lowest BCUT2D eigenvalue weighted by Crippen LogP contribution is -2.27. The number of amides is 1. The predicted octanol–water partition coefficient (Wildman–Crippen LogP) is 0.977. The molecule has 1 aromatic heterocycles. The molecule has 16 heavy (non-hydrogen) atoms. The summed E-state index contributed by atoms with van der Waals surface area (Å²) in [4.78, 5) is 11.7. The number of aromatic nitrogens is 2. The maximum atomic E-state index is 11.7. The Morgan fingerprint density at radius 3 is 3.00 bits per heavy atom. The zero-order valence-electron chi connectivity index (χ0n) is 9.31. The van der Waals surface area contributed by atoms with E-state index in [0.717, 1.165) is 6.42 Å². The van der Waals surface area contributed by atoms with E-state index in [0.29, 0.717) is 23.5 Å². The van der Waals surface area contributed by atoms with Crippen molar-refractivity contribution in [2.45, 2.75) is 32.2 Å². The van der Waals surface area contributed by atoms with Crippen LogP contribution < -0.4 is 11.1 Å². The van der Waals surface area contributed by atoms with Gasteiger partial charge >= 0.3 is 0 Å². The van der Waals surface area contributed by atoms with E-state index >= 15 is 0 Å². The predicted molar refractivity (Wildman–Crippen MR) is 60.7 cm³/mol. The molecule has 0 saturated heterocycles. The van der Waals surface area contributed by atoms with Gasteiger partial charge in [0.25, 0.3) is 5.91 Å². The van der Waals surface area contributed by atoms with Crippen molar-refractivity contribution in [3.05, 3.63) is 17.8 Å². The first kappa shape index (κ1) is 10.9. The van der Waals surface area contributed by atoms with Gasteiger partial charge in [-0.2, -0.15) is 0 Å². The number of nitrogens with two attached hydrogens (primary N) is 1. The molecule has 1 amide bonds. The summed E-state index contributed by atoms with van der Waals surface area (Å²) in [7, 11) is 0. The Morgan fingerprint density at radius 2 is 2.38 bits per heavy atom. The summed E-state index contributed by atoms with van der Waals surface area (Å²) < 4.78 is 0. The molecular formula is C11H16N4O. The average Bonchev–Trinajstić information content (AvgIpc) is 2.98. The molecule has 2 unspecified atom stereocenters. The largest absolute Gasteiger partial charge is 0.382 e. The molecule has 1 aromatic rings. The minimum absolute atomic E-state index is 0.156. The van der Waals surface area contributed by atoms with Crippen molar-refractivity contribution in [2.24, 2.45) is 5.92 Å². The zero-order valence-corrected chi connectivity index (χ0v) is 9.31. The van der Waals surface area contributed by atoms with Crippen LogP contribution in [0.15, 0.2) is 12.1 Å². The van der Waals surface area contributed by atoms with Crippen LogP contribution in [0, 0.1) is 5.92 Å². The molecule has 1 aliphatic rings. The summed E-state index contributed by atoms with van der Waals surface area (Å²) in [5.74, 6) is 0.818. The number of anilines is 1. The first-order valence-corrected chi connectivity index (χ1v) is 5.60. The standard InChI is InChI=1S/C11H16N4O/c1-2-3-7-6-9(7)13-11(16)8-4-5-10(12)15-14-8/h4-5,7,9H,2-3,6H2,1H3,(H2,12,15)(H,13,16). The van der Waals surface area contributed by atoms with Crippen LogP contribution in [0.2, 0.25) is 0 Å². The fourth-order valence-corrected chi connectivity index (χ4v) is 1.82. The van der Waals surface area contributed by atoms with Gasteiger partial charge in [-0.3, -0.25) is 4.79 Å². The lowest BCUT2D eigenvalue weighted by molar-refractivity contribution is 0.0943. The number of nitrogen functional groups attached to an aromatic ring is 1. The van der Waals surface area contributed by atoms with Gasteiger partial charge in [0.05, 0.1) is 0 Å². The maximum absolute atomic E-state index is 11.7. The third-order valence-electron chi connectivity index (χ3n) is 2.82. The summed E-state index contributed by atoms with van der Waals surface area (Å²) in [6, 6.07) is 3.50. The number of hydrogen-bond acceptors (Lipinski definition) is 4. The molecule has 3 N–H and O–H groups in total. The highest BCUT2D eigenvalue weighted by atomic mass is 16.2. The lowest BCUT2D eigenvalue weighted by Gasteiger charge is -2.03. The molecule has 0 aromatic carbocycles. The molecule has 1 aliphatic carbocycles. The summed E-state index contributed by atoms with van der Waals surface area (Å²) in [6.45, 7) is 2.16. The van der Waals surface area contributed by atoms with Gasteiger partial charge in [-0.1, -0.05) is 13.3 Å². The molecule has 0 radical (unpaired) electrons. The number of hydrogen-bond donors (Lipinski definition) is 2. The van der Waals surface area contributed by atoms with Crippen LogP contribution in [0.4, 0.5) is 5.82 Å². The second kappa shape index (κ2) is 4.47. The monoisotopic (exact) mass is 220 g/mol. The second-order valence-corrected chi connectivity index (χ2v) is 4.21. The summed E-state index contributed by atoms with van der Waals surface area (Å²) in [6.07, 6.45) is 3.43. The topological polar surface area (TPSA) is 80.9 Å². The van der Waals surface area contributed by atoms with E-state index < -0.39 is 0 Å². The van der Waals surface area contributed by atoms with Crippen molar-refractivity contribution >= 4 is 11.7 Å². The Balaban J connectivity index is 1.87. The van der Waals surface area contributed by atoms with Gasteiger partial charge in [0.2, 0.25) is 0 Å². The highest BCUT2D eigenvalue weighted by Crippen LogP contribution is 2.34. The van der Waals surface area contributed by atoms with E-state index in [1.807, 2.05) is 0 Å². The van der Waals surface area contributed by atoms with Crippen LogP contribution in [-0.4, -0.2) is 22.1 Å². The number of nitrogens with zero attached hydrogens (tertiary/aromatic N) is 2. The van der Waals surface area contributed by atoms with Crippen LogP contribution in [0.3, 0.4) is 0 Å². The van der Waals surface area contributed by atoms with Gasteiger partial charge in [0, 0.05) is 6.04 Å². The van der Waals surface area contributed by atoms with E-state index in [-0.39, 0.29) is 5.91 Å². The molecule has 0 bridgehead atoms. The minimum Gasteiger partial charge on any atom is -0.382 e. The quantitative estimate of drug-likeness (QED) is 0.792. The maximum Gasteiger partial charge on any atom is 0.272 e. The Hall–Kier alpha value is -1.65. The minimum atomic E-state index is -0.156. The van der Waals surface area contributed by atoms with Crippen LogP contribution in [0.1, 0.15) is 36.7 Å². The van der Waals surface area contributed by atoms with Gasteiger partial charge in [-0.15, -0.1) is 10.2 Å². The van der Waals surface area contributed by atoms with Gasteiger partial charge < -0.3 is 11.1 Å². The van der Waals surface area contributed by atoms with Gasteiger partial charge in [0.15, 0.2) is 5.69 Å². The fourth-order valence-electron chi connectivity index (χ4n) is 1.82. The van der Waals surface area contributed by atoms with Crippen molar-refractivity contribution < 1.29 is 4.79 Å². The first-order chi connectivity index (χ1) is 7.70. The molecule has 1 fully saturated rings. The Kier molecular flexibility index (Phi) is 3.03. The molecule has 1 saturated carbocycles. The summed E-state index contributed by atoms with van der Waals surface area (Å²) in [5.41, 5.74) is 5.73. The molecule has 2 rings (SSSR count). The van der Waals surface area contributed by atoms with Crippen molar-refractivity contribution in [1.29, 1.82) is 0 Å². The molecule has 0 spiro atoms.